The normalized spacial score (nSPS) is 11.1. The maximum absolute atomic E-state index is 11.6. The number of carbonyl (C=O) groups excluding carboxylic acids is 1. The summed E-state index contributed by atoms with van der Waals surface area (Å²) in [5.74, 6) is 0.0482. The van der Waals surface area contributed by atoms with Crippen molar-refractivity contribution in [2.24, 2.45) is 0 Å². The van der Waals surface area contributed by atoms with Crippen molar-refractivity contribution >= 4 is 38.8 Å². The van der Waals surface area contributed by atoms with Crippen molar-refractivity contribution in [3.8, 4) is 11.3 Å². The zero-order valence-electron chi connectivity index (χ0n) is 11.9. The average Bonchev–Trinajstić information content (AvgIpc) is 3.07. The fourth-order valence-corrected chi connectivity index (χ4v) is 3.33. The molecule has 4 aromatic rings. The molecule has 3 aromatic heterocycles. The van der Waals surface area contributed by atoms with Crippen LogP contribution in [0.5, 0.6) is 0 Å². The molecular formula is C18H12N2OS. The smallest absolute Gasteiger partial charge is 0.159 e. The molecule has 22 heavy (non-hydrogen) atoms. The van der Waals surface area contributed by atoms with Crippen LogP contribution < -0.4 is 0 Å². The average molecular weight is 304 g/mol. The topological polar surface area (TPSA) is 42.9 Å². The Morgan fingerprint density at radius 1 is 1.09 bits per heavy atom. The number of aromatic nitrogens is 2. The molecular weight excluding hydrogens is 292 g/mol. The van der Waals surface area contributed by atoms with E-state index in [1.54, 1.807) is 24.5 Å². The summed E-state index contributed by atoms with van der Waals surface area (Å²) in [5.41, 5.74) is 3.54. The Morgan fingerprint density at radius 2 is 2.00 bits per heavy atom. The number of hydrogen-bond acceptors (Lipinski definition) is 4. The van der Waals surface area contributed by atoms with Crippen LogP contribution in [0, 0.1) is 0 Å². The van der Waals surface area contributed by atoms with Gasteiger partial charge in [0.15, 0.2) is 5.78 Å². The van der Waals surface area contributed by atoms with Crippen molar-refractivity contribution < 1.29 is 4.79 Å². The maximum Gasteiger partial charge on any atom is 0.159 e. The van der Waals surface area contributed by atoms with Gasteiger partial charge in [0, 0.05) is 45.1 Å². The van der Waals surface area contributed by atoms with Crippen LogP contribution in [0.15, 0.2) is 53.5 Å². The highest BCUT2D eigenvalue weighted by molar-refractivity contribution is 7.08. The first-order valence-corrected chi connectivity index (χ1v) is 7.89. The Morgan fingerprint density at radius 3 is 2.77 bits per heavy atom. The van der Waals surface area contributed by atoms with Gasteiger partial charge in [0.05, 0.1) is 11.2 Å². The van der Waals surface area contributed by atoms with Gasteiger partial charge in [-0.15, -0.1) is 0 Å². The van der Waals surface area contributed by atoms with Crippen molar-refractivity contribution in [1.29, 1.82) is 0 Å². The predicted molar refractivity (Wildman–Crippen MR) is 90.4 cm³/mol. The fraction of sp³-hybridized carbons (Fsp3) is 0.0556. The number of nitrogens with zero attached hydrogens (tertiary/aromatic N) is 2. The minimum Gasteiger partial charge on any atom is -0.295 e. The molecule has 0 atom stereocenters. The molecule has 0 aliphatic rings. The van der Waals surface area contributed by atoms with Crippen LogP contribution in [-0.4, -0.2) is 15.8 Å². The van der Waals surface area contributed by atoms with E-state index in [-0.39, 0.29) is 5.78 Å². The van der Waals surface area contributed by atoms with E-state index in [0.29, 0.717) is 5.56 Å². The van der Waals surface area contributed by atoms with Crippen molar-refractivity contribution in [2.75, 3.05) is 0 Å². The van der Waals surface area contributed by atoms with Gasteiger partial charge < -0.3 is 0 Å². The van der Waals surface area contributed by atoms with Crippen molar-refractivity contribution in [3.63, 3.8) is 0 Å². The first kappa shape index (κ1) is 13.1. The van der Waals surface area contributed by atoms with Gasteiger partial charge in [-0.3, -0.25) is 9.78 Å². The molecule has 0 spiro atoms. The highest BCUT2D eigenvalue weighted by Crippen LogP contribution is 2.33. The van der Waals surface area contributed by atoms with E-state index in [9.17, 15) is 4.79 Å². The number of Topliss-reactive ketones (excluding diaryl/α,β-unsaturated/α-hetero) is 1. The lowest BCUT2D eigenvalue weighted by Crippen LogP contribution is -1.94. The van der Waals surface area contributed by atoms with Crippen LogP contribution in [0.3, 0.4) is 0 Å². The minimum atomic E-state index is 0.0482. The van der Waals surface area contributed by atoms with E-state index >= 15 is 0 Å². The third-order valence-electron chi connectivity index (χ3n) is 3.80. The van der Waals surface area contributed by atoms with Gasteiger partial charge in [0.1, 0.15) is 0 Å². The molecule has 0 unspecified atom stereocenters. The van der Waals surface area contributed by atoms with Crippen LogP contribution in [0.25, 0.3) is 32.9 Å². The standard InChI is InChI=1S/C18H12N2OS/c1-11(21)12-2-3-14-16-9-19-6-4-15(16)18(20-17(14)8-12)13-5-7-22-10-13/h2-10H,1H3. The van der Waals surface area contributed by atoms with Crippen LogP contribution >= 0.6 is 11.3 Å². The second kappa shape index (κ2) is 5.00. The molecule has 4 heteroatoms. The number of benzene rings is 1. The Bertz CT molecular complexity index is 1010. The number of fused-ring (bicyclic) bond motifs is 3. The summed E-state index contributed by atoms with van der Waals surface area (Å²) in [6, 6.07) is 9.73. The monoisotopic (exact) mass is 304 g/mol. The van der Waals surface area contributed by atoms with E-state index < -0.39 is 0 Å². The Labute approximate surface area is 131 Å². The summed E-state index contributed by atoms with van der Waals surface area (Å²) in [7, 11) is 0. The lowest BCUT2D eigenvalue weighted by molar-refractivity contribution is 0.101. The molecule has 0 aliphatic heterocycles. The first-order chi connectivity index (χ1) is 10.7. The van der Waals surface area contributed by atoms with Crippen molar-refractivity contribution in [3.05, 3.63) is 59.0 Å². The predicted octanol–water partition coefficient (Wildman–Crippen LogP) is 4.71. The molecule has 0 bridgehead atoms. The van der Waals surface area contributed by atoms with Crippen molar-refractivity contribution in [2.45, 2.75) is 6.92 Å². The summed E-state index contributed by atoms with van der Waals surface area (Å²) in [6.45, 7) is 1.57. The van der Waals surface area contributed by atoms with E-state index in [0.717, 1.165) is 32.9 Å². The molecule has 0 fully saturated rings. The number of pyridine rings is 2. The fourth-order valence-electron chi connectivity index (χ4n) is 2.69. The highest BCUT2D eigenvalue weighted by atomic mass is 32.1. The second-order valence-electron chi connectivity index (χ2n) is 5.18. The summed E-state index contributed by atoms with van der Waals surface area (Å²) in [5, 5.41) is 7.29. The first-order valence-electron chi connectivity index (χ1n) is 6.95. The van der Waals surface area contributed by atoms with Gasteiger partial charge in [-0.2, -0.15) is 11.3 Å². The van der Waals surface area contributed by atoms with E-state index in [1.807, 2.05) is 35.8 Å². The third-order valence-corrected chi connectivity index (χ3v) is 4.48. The third kappa shape index (κ3) is 2.00. The molecule has 0 amide bonds. The molecule has 1 aromatic carbocycles. The van der Waals surface area contributed by atoms with Gasteiger partial charge in [0.25, 0.3) is 0 Å². The Hall–Kier alpha value is -2.59. The van der Waals surface area contributed by atoms with Gasteiger partial charge in [-0.25, -0.2) is 4.98 Å². The van der Waals surface area contributed by atoms with E-state index in [1.165, 1.54) is 0 Å². The SMILES string of the molecule is CC(=O)c1ccc2c(c1)nc(-c1ccsc1)c1ccncc12. The molecule has 0 saturated carbocycles. The highest BCUT2D eigenvalue weighted by Gasteiger charge is 2.11. The molecule has 0 aliphatic carbocycles. The lowest BCUT2D eigenvalue weighted by atomic mass is 10.0. The lowest BCUT2D eigenvalue weighted by Gasteiger charge is -2.09. The number of thiophene rings is 1. The Kier molecular flexibility index (Phi) is 2.98. The summed E-state index contributed by atoms with van der Waals surface area (Å²) >= 11 is 1.65. The number of rotatable bonds is 2. The zero-order valence-corrected chi connectivity index (χ0v) is 12.7. The summed E-state index contributed by atoms with van der Waals surface area (Å²) in [4.78, 5) is 20.7. The minimum absolute atomic E-state index is 0.0482. The molecule has 0 saturated heterocycles. The zero-order chi connectivity index (χ0) is 15.1. The van der Waals surface area contributed by atoms with Crippen LogP contribution in [0.2, 0.25) is 0 Å². The number of carbonyl (C=O) groups is 1. The van der Waals surface area contributed by atoms with E-state index in [2.05, 4.69) is 16.4 Å². The van der Waals surface area contributed by atoms with Crippen LogP contribution in [0.4, 0.5) is 0 Å². The van der Waals surface area contributed by atoms with Crippen LogP contribution in [0.1, 0.15) is 17.3 Å². The quantitative estimate of drug-likeness (QED) is 0.398. The van der Waals surface area contributed by atoms with Gasteiger partial charge in [-0.05, 0) is 30.5 Å². The second-order valence-corrected chi connectivity index (χ2v) is 5.96. The molecule has 3 nitrogen and oxygen atoms in total. The molecule has 106 valence electrons. The largest absolute Gasteiger partial charge is 0.295 e. The van der Waals surface area contributed by atoms with Crippen molar-refractivity contribution in [1.82, 2.24) is 9.97 Å². The molecule has 4 rings (SSSR count). The number of ketones is 1. The Balaban J connectivity index is 2.15. The van der Waals surface area contributed by atoms with Gasteiger partial charge in [-0.1, -0.05) is 12.1 Å². The molecule has 0 N–H and O–H groups in total. The van der Waals surface area contributed by atoms with Crippen LogP contribution in [-0.2, 0) is 0 Å². The van der Waals surface area contributed by atoms with Gasteiger partial charge in [0.2, 0.25) is 0 Å². The molecule has 0 radical (unpaired) electrons. The van der Waals surface area contributed by atoms with E-state index in [4.69, 9.17) is 4.98 Å². The van der Waals surface area contributed by atoms with Gasteiger partial charge >= 0.3 is 0 Å². The summed E-state index contributed by atoms with van der Waals surface area (Å²) in [6.07, 6.45) is 3.65. The molecule has 3 heterocycles. The maximum atomic E-state index is 11.6. The summed E-state index contributed by atoms with van der Waals surface area (Å²) < 4.78 is 0. The number of hydrogen-bond donors (Lipinski definition) is 0.